The number of rotatable bonds is 13. The van der Waals surface area contributed by atoms with Gasteiger partial charge in [0.1, 0.15) is 5.60 Å². The molecule has 26 heavy (non-hydrogen) atoms. The highest BCUT2D eigenvalue weighted by atomic mass is 16.5. The molecule has 1 saturated heterocycles. The Morgan fingerprint density at radius 1 is 1.35 bits per heavy atom. The first-order valence-electron chi connectivity index (χ1n) is 9.86. The molecular weight excluding hydrogens is 334 g/mol. The molecule has 0 radical (unpaired) electrons. The number of unbranched alkanes of at least 4 members (excludes halogenated alkanes) is 3. The normalized spacial score (nSPS) is 20.5. The van der Waals surface area contributed by atoms with Crippen LogP contribution >= 0.6 is 0 Å². The van der Waals surface area contributed by atoms with E-state index in [-0.39, 0.29) is 25.0 Å². The van der Waals surface area contributed by atoms with Gasteiger partial charge in [-0.3, -0.25) is 9.59 Å². The molecule has 1 aliphatic rings. The van der Waals surface area contributed by atoms with E-state index in [9.17, 15) is 14.7 Å². The number of aliphatic carboxylic acids is 1. The third-order valence-electron chi connectivity index (χ3n) is 4.57. The highest BCUT2D eigenvalue weighted by Crippen LogP contribution is 2.21. The second-order valence-corrected chi connectivity index (χ2v) is 7.37. The Bertz CT molecular complexity index is 461. The Balaban J connectivity index is 2.46. The zero-order valence-electron chi connectivity index (χ0n) is 16.3. The molecule has 0 aliphatic carbocycles. The van der Waals surface area contributed by atoms with Gasteiger partial charge in [-0.15, -0.1) is 0 Å². The van der Waals surface area contributed by atoms with E-state index < -0.39 is 11.6 Å². The molecular formula is C20H35NO5. The lowest BCUT2D eigenvalue weighted by Crippen LogP contribution is -2.43. The Hall–Kier alpha value is -1.40. The summed E-state index contributed by atoms with van der Waals surface area (Å²) in [5.74, 6) is -0.588. The monoisotopic (exact) mass is 369 g/mol. The predicted molar refractivity (Wildman–Crippen MR) is 101 cm³/mol. The molecule has 1 rings (SSSR count). The van der Waals surface area contributed by atoms with E-state index in [2.05, 4.69) is 0 Å². The molecule has 6 heteroatoms. The Kier molecular flexibility index (Phi) is 10.5. The van der Waals surface area contributed by atoms with Gasteiger partial charge in [0.05, 0.1) is 12.6 Å². The van der Waals surface area contributed by atoms with Crippen LogP contribution in [0.15, 0.2) is 12.2 Å². The summed E-state index contributed by atoms with van der Waals surface area (Å²) < 4.78 is 5.43. The Morgan fingerprint density at radius 3 is 2.77 bits per heavy atom. The van der Waals surface area contributed by atoms with E-state index in [0.717, 1.165) is 38.5 Å². The first-order valence-corrected chi connectivity index (χ1v) is 9.86. The maximum atomic E-state index is 12.3. The standard InChI is InChI=1S/C20H35NO5/c1-3-15-26-16-20(2,25)13-12-17-9-8-10-18(22)21(17)14-7-5-4-6-11-19(23)24/h12-13,17,25H,3-11,14-16H2,1-2H3,(H,23,24)/b13-12+/t17-,20?/m1/s1. The van der Waals surface area contributed by atoms with Gasteiger partial charge in [-0.1, -0.05) is 31.9 Å². The Labute approximate surface area is 157 Å². The van der Waals surface area contributed by atoms with E-state index in [1.54, 1.807) is 13.0 Å². The summed E-state index contributed by atoms with van der Waals surface area (Å²) in [6, 6.07) is 0.0212. The number of likely N-dealkylation sites (tertiary alicyclic amines) is 1. The fraction of sp³-hybridized carbons (Fsp3) is 0.800. The van der Waals surface area contributed by atoms with Gasteiger partial charge in [0.2, 0.25) is 5.91 Å². The van der Waals surface area contributed by atoms with Gasteiger partial charge in [0, 0.05) is 26.0 Å². The number of piperidine rings is 1. The minimum absolute atomic E-state index is 0.0212. The van der Waals surface area contributed by atoms with Crippen LogP contribution in [0.25, 0.3) is 0 Å². The van der Waals surface area contributed by atoms with Gasteiger partial charge in [-0.25, -0.2) is 0 Å². The fourth-order valence-corrected chi connectivity index (χ4v) is 3.14. The number of hydrogen-bond acceptors (Lipinski definition) is 4. The molecule has 0 bridgehead atoms. The van der Waals surface area contributed by atoms with E-state index in [1.807, 2.05) is 17.9 Å². The molecule has 1 aliphatic heterocycles. The molecule has 0 aromatic heterocycles. The lowest BCUT2D eigenvalue weighted by atomic mass is 9.98. The van der Waals surface area contributed by atoms with Crippen LogP contribution in [-0.2, 0) is 14.3 Å². The third-order valence-corrected chi connectivity index (χ3v) is 4.57. The number of carboxylic acid groups (broad SMARTS) is 1. The second kappa shape index (κ2) is 12.1. The quantitative estimate of drug-likeness (QED) is 0.385. The number of ether oxygens (including phenoxy) is 1. The maximum absolute atomic E-state index is 12.3. The SMILES string of the molecule is CCCOCC(C)(O)/C=C/[C@H]1CCCC(=O)N1CCCCCCC(=O)O. The highest BCUT2D eigenvalue weighted by molar-refractivity contribution is 5.77. The van der Waals surface area contributed by atoms with Crippen molar-refractivity contribution >= 4 is 11.9 Å². The average Bonchev–Trinajstić information content (AvgIpc) is 2.57. The predicted octanol–water partition coefficient (Wildman–Crippen LogP) is 3.14. The smallest absolute Gasteiger partial charge is 0.303 e. The van der Waals surface area contributed by atoms with Gasteiger partial charge in [-0.05, 0) is 39.0 Å². The average molecular weight is 370 g/mol. The summed E-state index contributed by atoms with van der Waals surface area (Å²) >= 11 is 0. The molecule has 1 amide bonds. The number of hydrogen-bond donors (Lipinski definition) is 2. The number of carbonyl (C=O) groups is 2. The number of amides is 1. The van der Waals surface area contributed by atoms with Gasteiger partial charge < -0.3 is 19.8 Å². The number of nitrogens with zero attached hydrogens (tertiary/aromatic N) is 1. The van der Waals surface area contributed by atoms with Crippen molar-refractivity contribution in [1.82, 2.24) is 4.90 Å². The van der Waals surface area contributed by atoms with E-state index >= 15 is 0 Å². The van der Waals surface area contributed by atoms with Crippen LogP contribution in [-0.4, -0.2) is 58.4 Å². The van der Waals surface area contributed by atoms with Crippen LogP contribution in [0, 0.1) is 0 Å². The molecule has 2 N–H and O–H groups in total. The fourth-order valence-electron chi connectivity index (χ4n) is 3.14. The van der Waals surface area contributed by atoms with Crippen LogP contribution in [0.1, 0.15) is 71.6 Å². The zero-order valence-corrected chi connectivity index (χ0v) is 16.3. The molecule has 0 saturated carbocycles. The van der Waals surface area contributed by atoms with Crippen molar-refractivity contribution in [3.8, 4) is 0 Å². The van der Waals surface area contributed by atoms with Crippen molar-refractivity contribution < 1.29 is 24.5 Å². The van der Waals surface area contributed by atoms with Crippen molar-refractivity contribution in [2.45, 2.75) is 83.3 Å². The van der Waals surface area contributed by atoms with Crippen LogP contribution in [0.5, 0.6) is 0 Å². The minimum atomic E-state index is -1.03. The van der Waals surface area contributed by atoms with Gasteiger partial charge >= 0.3 is 5.97 Å². The highest BCUT2D eigenvalue weighted by Gasteiger charge is 2.26. The zero-order chi connectivity index (χ0) is 19.4. The molecule has 0 aromatic carbocycles. The van der Waals surface area contributed by atoms with Crippen molar-refractivity contribution in [2.24, 2.45) is 0 Å². The lowest BCUT2D eigenvalue weighted by molar-refractivity contribution is -0.137. The second-order valence-electron chi connectivity index (χ2n) is 7.37. The molecule has 0 spiro atoms. The topological polar surface area (TPSA) is 87.1 Å². The maximum Gasteiger partial charge on any atom is 0.303 e. The molecule has 1 heterocycles. The van der Waals surface area contributed by atoms with Crippen molar-refractivity contribution in [2.75, 3.05) is 19.8 Å². The van der Waals surface area contributed by atoms with Gasteiger partial charge in [0.25, 0.3) is 0 Å². The van der Waals surface area contributed by atoms with E-state index in [1.165, 1.54) is 0 Å². The summed E-state index contributed by atoms with van der Waals surface area (Å²) in [6.45, 7) is 5.31. The van der Waals surface area contributed by atoms with Crippen LogP contribution in [0.3, 0.4) is 0 Å². The summed E-state index contributed by atoms with van der Waals surface area (Å²) in [5, 5.41) is 19.0. The molecule has 2 atom stereocenters. The summed E-state index contributed by atoms with van der Waals surface area (Å²) in [7, 11) is 0. The summed E-state index contributed by atoms with van der Waals surface area (Å²) in [5.41, 5.74) is -1.03. The molecule has 6 nitrogen and oxygen atoms in total. The lowest BCUT2D eigenvalue weighted by Gasteiger charge is -2.34. The van der Waals surface area contributed by atoms with Crippen molar-refractivity contribution in [1.29, 1.82) is 0 Å². The minimum Gasteiger partial charge on any atom is -0.481 e. The van der Waals surface area contributed by atoms with E-state index in [0.29, 0.717) is 26.0 Å². The van der Waals surface area contributed by atoms with E-state index in [4.69, 9.17) is 9.84 Å². The van der Waals surface area contributed by atoms with Crippen LogP contribution < -0.4 is 0 Å². The van der Waals surface area contributed by atoms with Crippen molar-refractivity contribution in [3.05, 3.63) is 12.2 Å². The van der Waals surface area contributed by atoms with Gasteiger partial charge in [0.15, 0.2) is 0 Å². The summed E-state index contributed by atoms with van der Waals surface area (Å²) in [4.78, 5) is 24.7. The van der Waals surface area contributed by atoms with Crippen LogP contribution in [0.2, 0.25) is 0 Å². The first kappa shape index (κ1) is 22.6. The van der Waals surface area contributed by atoms with Crippen LogP contribution in [0.4, 0.5) is 0 Å². The first-order chi connectivity index (χ1) is 12.4. The number of carbonyl (C=O) groups excluding carboxylic acids is 1. The number of aliphatic hydroxyl groups is 1. The molecule has 150 valence electrons. The molecule has 1 fully saturated rings. The largest absolute Gasteiger partial charge is 0.481 e. The number of carboxylic acids is 1. The van der Waals surface area contributed by atoms with Gasteiger partial charge in [-0.2, -0.15) is 0 Å². The Morgan fingerprint density at radius 2 is 2.08 bits per heavy atom. The third kappa shape index (κ3) is 9.34. The summed E-state index contributed by atoms with van der Waals surface area (Å²) in [6.07, 6.45) is 10.6. The van der Waals surface area contributed by atoms with Crippen molar-refractivity contribution in [3.63, 3.8) is 0 Å². The molecule has 0 aromatic rings. The molecule has 1 unspecified atom stereocenters.